The van der Waals surface area contributed by atoms with Gasteiger partial charge in [0.2, 0.25) is 11.8 Å². The van der Waals surface area contributed by atoms with E-state index >= 15 is 0 Å². The van der Waals surface area contributed by atoms with E-state index in [1.54, 1.807) is 16.7 Å². The summed E-state index contributed by atoms with van der Waals surface area (Å²) in [5.41, 5.74) is 4.20. The molecule has 0 bridgehead atoms. The van der Waals surface area contributed by atoms with Crippen molar-refractivity contribution in [2.75, 3.05) is 5.75 Å². The van der Waals surface area contributed by atoms with Crippen LogP contribution < -0.4 is 5.32 Å². The van der Waals surface area contributed by atoms with E-state index in [1.165, 1.54) is 11.1 Å². The van der Waals surface area contributed by atoms with Crippen LogP contribution >= 0.6 is 23.4 Å². The largest absolute Gasteiger partial charge is 0.352 e. The van der Waals surface area contributed by atoms with Crippen LogP contribution in [0.5, 0.6) is 0 Å². The number of hydrogen-bond acceptors (Lipinski definition) is 3. The Balaban J connectivity index is 1.85. The molecule has 0 aliphatic carbocycles. The number of benzene rings is 3. The van der Waals surface area contributed by atoms with Crippen molar-refractivity contribution in [3.63, 3.8) is 0 Å². The third kappa shape index (κ3) is 8.44. The third-order valence-electron chi connectivity index (χ3n) is 5.58. The minimum Gasteiger partial charge on any atom is -0.352 e. The van der Waals surface area contributed by atoms with Gasteiger partial charge in [0.25, 0.3) is 0 Å². The van der Waals surface area contributed by atoms with Crippen molar-refractivity contribution < 1.29 is 9.59 Å². The Morgan fingerprint density at radius 2 is 1.63 bits per heavy atom. The summed E-state index contributed by atoms with van der Waals surface area (Å²) in [5, 5.41) is 3.60. The fourth-order valence-electron chi connectivity index (χ4n) is 3.89. The quantitative estimate of drug-likeness (QED) is 0.343. The van der Waals surface area contributed by atoms with Gasteiger partial charge in [-0.05, 0) is 43.5 Å². The molecule has 6 heteroatoms. The summed E-state index contributed by atoms with van der Waals surface area (Å²) in [6, 6.07) is 24.9. The zero-order valence-electron chi connectivity index (χ0n) is 20.5. The molecule has 0 heterocycles. The number of nitrogens with zero attached hydrogens (tertiary/aromatic N) is 1. The van der Waals surface area contributed by atoms with Crippen LogP contribution in [0.25, 0.3) is 0 Å². The van der Waals surface area contributed by atoms with Gasteiger partial charge in [-0.1, -0.05) is 90.0 Å². The molecule has 184 valence electrons. The van der Waals surface area contributed by atoms with E-state index in [9.17, 15) is 9.59 Å². The van der Waals surface area contributed by atoms with E-state index < -0.39 is 6.04 Å². The smallest absolute Gasteiger partial charge is 0.243 e. The molecule has 0 aromatic heterocycles. The van der Waals surface area contributed by atoms with Crippen molar-refractivity contribution in [3.8, 4) is 0 Å². The second kappa shape index (κ2) is 13.4. The number of amides is 2. The number of carbonyl (C=O) groups excluding carboxylic acids is 2. The molecule has 0 saturated carbocycles. The first-order valence-corrected chi connectivity index (χ1v) is 13.4. The molecule has 0 radical (unpaired) electrons. The highest BCUT2D eigenvalue weighted by atomic mass is 35.5. The van der Waals surface area contributed by atoms with Crippen molar-refractivity contribution in [3.05, 3.63) is 106 Å². The fourth-order valence-corrected chi connectivity index (χ4v) is 4.94. The van der Waals surface area contributed by atoms with Crippen molar-refractivity contribution in [1.29, 1.82) is 0 Å². The molecule has 0 aliphatic rings. The molecule has 0 saturated heterocycles. The Bertz CT molecular complexity index is 1120. The lowest BCUT2D eigenvalue weighted by molar-refractivity contribution is -0.139. The zero-order valence-corrected chi connectivity index (χ0v) is 22.1. The predicted octanol–water partition coefficient (Wildman–Crippen LogP) is 6.05. The van der Waals surface area contributed by atoms with E-state index in [0.29, 0.717) is 11.4 Å². The maximum Gasteiger partial charge on any atom is 0.243 e. The van der Waals surface area contributed by atoms with Gasteiger partial charge in [0.1, 0.15) is 6.04 Å². The Labute approximate surface area is 218 Å². The lowest BCUT2D eigenvalue weighted by Crippen LogP contribution is -2.52. The Morgan fingerprint density at radius 1 is 0.943 bits per heavy atom. The number of halogens is 1. The normalized spacial score (nSPS) is 11.8. The van der Waals surface area contributed by atoms with Gasteiger partial charge in [0.05, 0.1) is 5.75 Å². The highest BCUT2D eigenvalue weighted by Crippen LogP contribution is 2.22. The summed E-state index contributed by atoms with van der Waals surface area (Å²) in [7, 11) is 0. The third-order valence-corrected chi connectivity index (χ3v) is 6.93. The molecule has 2 amide bonds. The maximum absolute atomic E-state index is 13.6. The van der Waals surface area contributed by atoms with Crippen LogP contribution in [0.4, 0.5) is 0 Å². The van der Waals surface area contributed by atoms with Gasteiger partial charge in [-0.25, -0.2) is 0 Å². The molecule has 0 spiro atoms. The van der Waals surface area contributed by atoms with Crippen LogP contribution in [0, 0.1) is 6.92 Å². The first-order valence-electron chi connectivity index (χ1n) is 11.8. The first-order chi connectivity index (χ1) is 16.8. The highest BCUT2D eigenvalue weighted by Gasteiger charge is 2.31. The average Bonchev–Trinajstić information content (AvgIpc) is 2.82. The van der Waals surface area contributed by atoms with E-state index in [-0.39, 0.29) is 30.2 Å². The molecular formula is C29H33ClN2O2S. The lowest BCUT2D eigenvalue weighted by atomic mass is 10.0. The van der Waals surface area contributed by atoms with Crippen LogP contribution in [0.2, 0.25) is 5.02 Å². The van der Waals surface area contributed by atoms with Gasteiger partial charge in [-0.3, -0.25) is 9.59 Å². The molecule has 0 aliphatic heterocycles. The molecular weight excluding hydrogens is 476 g/mol. The summed E-state index contributed by atoms with van der Waals surface area (Å²) in [6.45, 7) is 6.18. The minimum atomic E-state index is -0.650. The van der Waals surface area contributed by atoms with Gasteiger partial charge in [-0.2, -0.15) is 0 Å². The molecule has 3 rings (SSSR count). The molecule has 1 atom stereocenters. The summed E-state index contributed by atoms with van der Waals surface area (Å²) in [6.07, 6.45) is 0.429. The van der Waals surface area contributed by atoms with Gasteiger partial charge < -0.3 is 10.2 Å². The lowest BCUT2D eigenvalue weighted by Gasteiger charge is -2.32. The monoisotopic (exact) mass is 508 g/mol. The van der Waals surface area contributed by atoms with E-state index in [1.807, 2.05) is 74.5 Å². The molecule has 1 N–H and O–H groups in total. The number of aryl methyl sites for hydroxylation is 1. The Morgan fingerprint density at radius 3 is 2.31 bits per heavy atom. The second-order valence-electron chi connectivity index (χ2n) is 8.96. The van der Waals surface area contributed by atoms with Crippen molar-refractivity contribution in [2.45, 2.75) is 51.6 Å². The highest BCUT2D eigenvalue weighted by molar-refractivity contribution is 7.99. The second-order valence-corrected chi connectivity index (χ2v) is 10.4. The SMILES string of the molecule is Cc1cccc(CSCC(=O)N(Cc2ccccc2Cl)[C@H](Cc2ccccc2)C(=O)NC(C)C)c1. The van der Waals surface area contributed by atoms with Gasteiger partial charge in [0, 0.05) is 29.8 Å². The number of hydrogen-bond donors (Lipinski definition) is 1. The van der Waals surface area contributed by atoms with E-state index in [4.69, 9.17) is 11.6 Å². The first kappa shape index (κ1) is 26.8. The topological polar surface area (TPSA) is 49.4 Å². The van der Waals surface area contributed by atoms with Crippen molar-refractivity contribution >= 4 is 35.2 Å². The summed E-state index contributed by atoms with van der Waals surface area (Å²) in [4.78, 5) is 28.7. The van der Waals surface area contributed by atoms with Gasteiger partial charge in [-0.15, -0.1) is 11.8 Å². The van der Waals surface area contributed by atoms with Crippen LogP contribution in [-0.4, -0.2) is 34.6 Å². The standard InChI is InChI=1S/C29H33ClN2O2S/c1-21(2)31-29(34)27(17-23-11-5-4-6-12-23)32(18-25-14-7-8-15-26(25)30)28(33)20-35-19-24-13-9-10-22(3)16-24/h4-16,21,27H,17-20H2,1-3H3,(H,31,34)/t27-/m1/s1. The zero-order chi connectivity index (χ0) is 25.2. The average molecular weight is 509 g/mol. The summed E-state index contributed by atoms with van der Waals surface area (Å²) in [5.74, 6) is 0.767. The Kier molecular flexibility index (Phi) is 10.2. The van der Waals surface area contributed by atoms with E-state index in [0.717, 1.165) is 16.9 Å². The van der Waals surface area contributed by atoms with Crippen LogP contribution in [0.1, 0.15) is 36.1 Å². The number of carbonyl (C=O) groups is 2. The number of rotatable bonds is 11. The molecule has 35 heavy (non-hydrogen) atoms. The van der Waals surface area contributed by atoms with Gasteiger partial charge >= 0.3 is 0 Å². The van der Waals surface area contributed by atoms with E-state index in [2.05, 4.69) is 30.4 Å². The van der Waals surface area contributed by atoms with Crippen LogP contribution in [-0.2, 0) is 28.3 Å². The summed E-state index contributed by atoms with van der Waals surface area (Å²) < 4.78 is 0. The van der Waals surface area contributed by atoms with Crippen molar-refractivity contribution in [1.82, 2.24) is 10.2 Å². The van der Waals surface area contributed by atoms with Crippen LogP contribution in [0.3, 0.4) is 0 Å². The number of thioether (sulfide) groups is 1. The summed E-state index contributed by atoms with van der Waals surface area (Å²) >= 11 is 8.02. The minimum absolute atomic E-state index is 0.0336. The maximum atomic E-state index is 13.6. The van der Waals surface area contributed by atoms with Crippen molar-refractivity contribution in [2.24, 2.45) is 0 Å². The van der Waals surface area contributed by atoms with Gasteiger partial charge in [0.15, 0.2) is 0 Å². The molecule has 4 nitrogen and oxygen atoms in total. The molecule has 3 aromatic rings. The fraction of sp³-hybridized carbons (Fsp3) is 0.310. The Hall–Kier alpha value is -2.76. The molecule has 3 aromatic carbocycles. The van der Waals surface area contributed by atoms with Crippen LogP contribution in [0.15, 0.2) is 78.9 Å². The molecule has 0 unspecified atom stereocenters. The molecule has 0 fully saturated rings. The number of nitrogens with one attached hydrogen (secondary N) is 1. The predicted molar refractivity (Wildman–Crippen MR) is 147 cm³/mol.